The molecule has 4 N–H and O–H groups in total. The van der Waals surface area contributed by atoms with Crippen molar-refractivity contribution < 1.29 is 14.3 Å². The van der Waals surface area contributed by atoms with Crippen molar-refractivity contribution in [1.82, 2.24) is 4.90 Å². The smallest absolute Gasteiger partial charge is 0.404 e. The highest BCUT2D eigenvalue weighted by atomic mass is 79.9. The molecule has 158 valence electrons. The Hall–Kier alpha value is -2.65. The maximum Gasteiger partial charge on any atom is 0.404 e. The van der Waals surface area contributed by atoms with Crippen molar-refractivity contribution in [3.05, 3.63) is 55.7 Å². The van der Waals surface area contributed by atoms with Crippen LogP contribution in [0.3, 0.4) is 0 Å². The first kappa shape index (κ1) is 22.0. The van der Waals surface area contributed by atoms with Gasteiger partial charge in [0.05, 0.1) is 14.4 Å². The summed E-state index contributed by atoms with van der Waals surface area (Å²) < 4.78 is 5.74. The van der Waals surface area contributed by atoms with Crippen LogP contribution in [0, 0.1) is 0 Å². The van der Waals surface area contributed by atoms with Gasteiger partial charge in [0.15, 0.2) is 0 Å². The van der Waals surface area contributed by atoms with Crippen molar-refractivity contribution in [2.75, 3.05) is 6.54 Å². The highest BCUT2D eigenvalue weighted by molar-refractivity contribution is 9.11. The van der Waals surface area contributed by atoms with Crippen molar-refractivity contribution in [3.8, 4) is 0 Å². The number of amidine groups is 1. The molecular formula is C21H23BrN4O3S. The average Bonchev–Trinajstić information content (AvgIpc) is 2.96. The van der Waals surface area contributed by atoms with E-state index in [1.54, 1.807) is 0 Å². The molecule has 1 aromatic carbocycles. The molecule has 0 unspecified atom stereocenters. The summed E-state index contributed by atoms with van der Waals surface area (Å²) in [4.78, 5) is 31.2. The molecule has 1 aliphatic rings. The lowest BCUT2D eigenvalue weighted by Crippen LogP contribution is -2.33. The molecule has 0 aliphatic carbocycles. The monoisotopic (exact) mass is 490 g/mol. The second kappa shape index (κ2) is 9.90. The van der Waals surface area contributed by atoms with Gasteiger partial charge in [-0.25, -0.2) is 9.79 Å². The van der Waals surface area contributed by atoms with Crippen LogP contribution in [0.25, 0.3) is 6.08 Å². The van der Waals surface area contributed by atoms with Gasteiger partial charge in [-0.3, -0.25) is 4.79 Å². The van der Waals surface area contributed by atoms with Gasteiger partial charge in [0, 0.05) is 25.1 Å². The van der Waals surface area contributed by atoms with Crippen molar-refractivity contribution in [2.24, 2.45) is 16.5 Å². The van der Waals surface area contributed by atoms with Gasteiger partial charge >= 0.3 is 6.09 Å². The molecule has 0 atom stereocenters. The van der Waals surface area contributed by atoms with E-state index in [4.69, 9.17) is 16.2 Å². The van der Waals surface area contributed by atoms with Crippen LogP contribution in [-0.2, 0) is 22.7 Å². The molecular weight excluding hydrogens is 468 g/mol. The Balaban J connectivity index is 1.77. The largest absolute Gasteiger partial charge is 0.445 e. The van der Waals surface area contributed by atoms with Gasteiger partial charge in [-0.1, -0.05) is 31.2 Å². The number of nitrogens with two attached hydrogens (primary N) is 2. The minimum absolute atomic E-state index is 0.0477. The molecule has 0 radical (unpaired) electrons. The summed E-state index contributed by atoms with van der Waals surface area (Å²) in [6.45, 7) is 3.26. The van der Waals surface area contributed by atoms with Crippen LogP contribution in [0.1, 0.15) is 35.8 Å². The molecule has 2 aromatic rings. The zero-order valence-electron chi connectivity index (χ0n) is 16.6. The fraction of sp³-hybridized carbons (Fsp3) is 0.286. The Kier molecular flexibility index (Phi) is 7.28. The zero-order chi connectivity index (χ0) is 21.7. The number of hydrogen-bond donors (Lipinski definition) is 2. The van der Waals surface area contributed by atoms with Crippen LogP contribution in [0.15, 0.2) is 44.7 Å². The first-order valence-corrected chi connectivity index (χ1v) is 11.1. The molecule has 0 saturated heterocycles. The fourth-order valence-corrected chi connectivity index (χ4v) is 4.66. The number of thiophene rings is 1. The van der Waals surface area contributed by atoms with Gasteiger partial charge in [0.25, 0.3) is 5.91 Å². The fourth-order valence-electron chi connectivity index (χ4n) is 3.13. The molecule has 1 aromatic heterocycles. The van der Waals surface area contributed by atoms with Gasteiger partial charge < -0.3 is 21.1 Å². The van der Waals surface area contributed by atoms with Crippen molar-refractivity contribution in [1.29, 1.82) is 0 Å². The lowest BCUT2D eigenvalue weighted by atomic mass is 10.1. The number of benzene rings is 1. The van der Waals surface area contributed by atoms with E-state index in [0.29, 0.717) is 30.9 Å². The molecule has 7 nitrogen and oxygen atoms in total. The molecule has 30 heavy (non-hydrogen) atoms. The third-order valence-electron chi connectivity index (χ3n) is 4.48. The van der Waals surface area contributed by atoms with Crippen LogP contribution in [0.4, 0.5) is 10.5 Å². The van der Waals surface area contributed by atoms with E-state index in [-0.39, 0.29) is 12.5 Å². The maximum absolute atomic E-state index is 13.3. The predicted molar refractivity (Wildman–Crippen MR) is 122 cm³/mol. The van der Waals surface area contributed by atoms with Gasteiger partial charge in [-0.2, -0.15) is 0 Å². The Labute approximate surface area is 187 Å². The number of fused-ring (bicyclic) bond motifs is 1. The molecule has 9 heteroatoms. The zero-order valence-corrected chi connectivity index (χ0v) is 19.0. The highest BCUT2D eigenvalue weighted by Gasteiger charge is 2.22. The van der Waals surface area contributed by atoms with Crippen LogP contribution in [0.5, 0.6) is 0 Å². The number of halogens is 1. The predicted octanol–water partition coefficient (Wildman–Crippen LogP) is 4.32. The van der Waals surface area contributed by atoms with Crippen LogP contribution in [-0.4, -0.2) is 29.3 Å². The van der Waals surface area contributed by atoms with E-state index >= 15 is 0 Å². The lowest BCUT2D eigenvalue weighted by molar-refractivity contribution is -0.127. The number of ether oxygens (including phenoxy) is 1. The first-order valence-electron chi connectivity index (χ1n) is 9.48. The molecule has 2 amide bonds. The summed E-state index contributed by atoms with van der Waals surface area (Å²) in [5, 5.41) is 0. The normalized spacial score (nSPS) is 13.0. The van der Waals surface area contributed by atoms with E-state index in [1.165, 1.54) is 11.3 Å². The molecule has 3 rings (SSSR count). The topological polar surface area (TPSA) is 111 Å². The van der Waals surface area contributed by atoms with Gasteiger partial charge in [-0.15, -0.1) is 11.3 Å². The summed E-state index contributed by atoms with van der Waals surface area (Å²) in [5.41, 5.74) is 14.3. The molecule has 0 spiro atoms. The second-order valence-electron chi connectivity index (χ2n) is 6.90. The molecule has 1 aliphatic heterocycles. The van der Waals surface area contributed by atoms with Crippen molar-refractivity contribution >= 4 is 56.9 Å². The number of primary amides is 1. The number of carbonyl (C=O) groups excluding carboxylic acids is 2. The van der Waals surface area contributed by atoms with E-state index in [0.717, 1.165) is 31.9 Å². The Morgan fingerprint density at radius 2 is 1.97 bits per heavy atom. The molecule has 0 bridgehead atoms. The number of nitrogens with zero attached hydrogens (tertiary/aromatic N) is 2. The summed E-state index contributed by atoms with van der Waals surface area (Å²) in [6.07, 6.45) is 2.24. The van der Waals surface area contributed by atoms with E-state index in [2.05, 4.69) is 20.9 Å². The second-order valence-corrected chi connectivity index (χ2v) is 9.36. The highest BCUT2D eigenvalue weighted by Crippen LogP contribution is 2.37. The Morgan fingerprint density at radius 3 is 2.63 bits per heavy atom. The minimum Gasteiger partial charge on any atom is -0.445 e. The Morgan fingerprint density at radius 1 is 1.27 bits per heavy atom. The van der Waals surface area contributed by atoms with Crippen LogP contribution in [0.2, 0.25) is 0 Å². The molecule has 0 fully saturated rings. The Bertz CT molecular complexity index is 998. The van der Waals surface area contributed by atoms with E-state index < -0.39 is 6.09 Å². The number of hydrogen-bond acceptors (Lipinski definition) is 6. The third kappa shape index (κ3) is 5.70. The number of amides is 2. The van der Waals surface area contributed by atoms with Crippen LogP contribution < -0.4 is 11.5 Å². The number of rotatable bonds is 7. The standard InChI is InChI=1S/C21H23BrN4O3S/c1-2-7-26(11-13-3-5-14(6-4-13)12-29-21(24)28)20(27)15-8-17-16(10-18(22)30-17)25-19(23)9-15/h3-6,8,10H,2,7,9,11-12H2,1H3,(H2,23,25)(H2,24,28). The van der Waals surface area contributed by atoms with Gasteiger partial charge in [0.2, 0.25) is 0 Å². The van der Waals surface area contributed by atoms with Crippen molar-refractivity contribution in [2.45, 2.75) is 32.9 Å². The van der Waals surface area contributed by atoms with Crippen LogP contribution >= 0.6 is 27.3 Å². The maximum atomic E-state index is 13.3. The third-order valence-corrected chi connectivity index (χ3v) is 6.06. The summed E-state index contributed by atoms with van der Waals surface area (Å²) in [5.74, 6) is 0.377. The summed E-state index contributed by atoms with van der Waals surface area (Å²) in [7, 11) is 0. The SMILES string of the molecule is CCCN(Cc1ccc(COC(N)=O)cc1)C(=O)C1=Cc2sc(Br)cc2N=C(N)C1. The van der Waals surface area contributed by atoms with E-state index in [1.807, 2.05) is 48.2 Å². The summed E-state index contributed by atoms with van der Waals surface area (Å²) in [6, 6.07) is 9.46. The quantitative estimate of drug-likeness (QED) is 0.601. The minimum atomic E-state index is -0.806. The summed E-state index contributed by atoms with van der Waals surface area (Å²) >= 11 is 4.99. The first-order chi connectivity index (χ1) is 14.4. The molecule has 0 saturated carbocycles. The van der Waals surface area contributed by atoms with E-state index in [9.17, 15) is 9.59 Å². The lowest BCUT2D eigenvalue weighted by Gasteiger charge is -2.23. The van der Waals surface area contributed by atoms with Gasteiger partial charge in [-0.05, 0) is 45.6 Å². The average molecular weight is 491 g/mol. The van der Waals surface area contributed by atoms with Gasteiger partial charge in [0.1, 0.15) is 12.4 Å². The number of aliphatic imine (C=N–C) groups is 1. The van der Waals surface area contributed by atoms with Crippen molar-refractivity contribution in [3.63, 3.8) is 0 Å². The number of carbonyl (C=O) groups is 2. The molecule has 2 heterocycles.